The summed E-state index contributed by atoms with van der Waals surface area (Å²) in [5.74, 6) is -1.17. The second kappa shape index (κ2) is 6.47. The molecule has 20 heavy (non-hydrogen) atoms. The number of benzene rings is 1. The van der Waals surface area contributed by atoms with Crippen LogP contribution in [0.25, 0.3) is 0 Å². The number of hydrogen-bond acceptors (Lipinski definition) is 4. The zero-order valence-electron chi connectivity index (χ0n) is 11.0. The lowest BCUT2D eigenvalue weighted by molar-refractivity contribution is -0.136. The van der Waals surface area contributed by atoms with Crippen molar-refractivity contribution in [2.24, 2.45) is 0 Å². The first-order valence-corrected chi connectivity index (χ1v) is 7.06. The van der Waals surface area contributed by atoms with Gasteiger partial charge in [-0.2, -0.15) is 0 Å². The SMILES string of the molecule is Cc1csc(N(CCC(=O)O)Cc2ccccc2F)n1. The Bertz CT molecular complexity index is 600. The highest BCUT2D eigenvalue weighted by Crippen LogP contribution is 2.23. The van der Waals surface area contributed by atoms with Crippen molar-refractivity contribution < 1.29 is 14.3 Å². The molecule has 106 valence electrons. The Kier molecular flexibility index (Phi) is 4.68. The van der Waals surface area contributed by atoms with Gasteiger partial charge in [0.2, 0.25) is 0 Å². The van der Waals surface area contributed by atoms with Crippen LogP contribution in [0.5, 0.6) is 0 Å². The van der Waals surface area contributed by atoms with Crippen LogP contribution < -0.4 is 4.90 Å². The molecule has 0 aliphatic rings. The number of carbonyl (C=O) groups is 1. The van der Waals surface area contributed by atoms with Crippen molar-refractivity contribution in [3.8, 4) is 0 Å². The molecule has 1 heterocycles. The summed E-state index contributed by atoms with van der Waals surface area (Å²) in [6.07, 6.45) is -0.00686. The quantitative estimate of drug-likeness (QED) is 0.889. The van der Waals surface area contributed by atoms with Gasteiger partial charge in [0.25, 0.3) is 0 Å². The van der Waals surface area contributed by atoms with E-state index in [1.54, 1.807) is 23.1 Å². The van der Waals surface area contributed by atoms with Crippen LogP contribution in [0, 0.1) is 12.7 Å². The first-order chi connectivity index (χ1) is 9.56. The highest BCUT2D eigenvalue weighted by molar-refractivity contribution is 7.13. The molecule has 0 radical (unpaired) electrons. The van der Waals surface area contributed by atoms with Crippen LogP contribution in [-0.4, -0.2) is 22.6 Å². The highest BCUT2D eigenvalue weighted by Gasteiger charge is 2.14. The lowest BCUT2D eigenvalue weighted by atomic mass is 10.2. The number of rotatable bonds is 6. The number of aliphatic carboxylic acids is 1. The summed E-state index contributed by atoms with van der Waals surface area (Å²) in [7, 11) is 0. The Balaban J connectivity index is 2.18. The minimum absolute atomic E-state index is 0.00686. The molecule has 4 nitrogen and oxygen atoms in total. The van der Waals surface area contributed by atoms with Crippen LogP contribution in [0.15, 0.2) is 29.6 Å². The largest absolute Gasteiger partial charge is 0.481 e. The smallest absolute Gasteiger partial charge is 0.305 e. The van der Waals surface area contributed by atoms with Crippen molar-refractivity contribution in [1.82, 2.24) is 4.98 Å². The Hall–Kier alpha value is -1.95. The van der Waals surface area contributed by atoms with E-state index in [9.17, 15) is 9.18 Å². The van der Waals surface area contributed by atoms with Crippen LogP contribution in [0.2, 0.25) is 0 Å². The zero-order valence-corrected chi connectivity index (χ0v) is 11.9. The molecular formula is C14H15FN2O2S. The second-order valence-corrected chi connectivity index (χ2v) is 5.26. The molecule has 0 fully saturated rings. The molecule has 1 aromatic carbocycles. The van der Waals surface area contributed by atoms with E-state index in [4.69, 9.17) is 5.11 Å². The maximum Gasteiger partial charge on any atom is 0.305 e. The summed E-state index contributed by atoms with van der Waals surface area (Å²) in [5, 5.41) is 11.4. The second-order valence-electron chi connectivity index (χ2n) is 4.43. The van der Waals surface area contributed by atoms with Crippen molar-refractivity contribution in [1.29, 1.82) is 0 Å². The van der Waals surface area contributed by atoms with E-state index in [0.29, 0.717) is 23.8 Å². The lowest BCUT2D eigenvalue weighted by Crippen LogP contribution is -2.26. The minimum atomic E-state index is -0.878. The fourth-order valence-corrected chi connectivity index (χ4v) is 2.62. The van der Waals surface area contributed by atoms with Crippen molar-refractivity contribution in [2.45, 2.75) is 19.9 Å². The fourth-order valence-electron chi connectivity index (χ4n) is 1.79. The molecule has 0 atom stereocenters. The standard InChI is InChI=1S/C14H15FN2O2S/c1-10-9-20-14(16-10)17(7-6-13(18)19)8-11-4-2-3-5-12(11)15/h2-5,9H,6-8H2,1H3,(H,18,19). The molecule has 0 bridgehead atoms. The summed E-state index contributed by atoms with van der Waals surface area (Å²) in [5.41, 5.74) is 1.41. The van der Waals surface area contributed by atoms with E-state index in [1.165, 1.54) is 17.4 Å². The molecule has 6 heteroatoms. The van der Waals surface area contributed by atoms with Gasteiger partial charge in [0.1, 0.15) is 5.82 Å². The van der Waals surface area contributed by atoms with Gasteiger partial charge in [0.05, 0.1) is 12.1 Å². The van der Waals surface area contributed by atoms with E-state index < -0.39 is 5.97 Å². The normalized spacial score (nSPS) is 10.5. The number of nitrogens with zero attached hydrogens (tertiary/aromatic N) is 2. The van der Waals surface area contributed by atoms with Crippen LogP contribution in [-0.2, 0) is 11.3 Å². The number of aromatic nitrogens is 1. The summed E-state index contributed by atoms with van der Waals surface area (Å²) in [6, 6.07) is 6.50. The summed E-state index contributed by atoms with van der Waals surface area (Å²) in [4.78, 5) is 16.9. The van der Waals surface area contributed by atoms with Gasteiger partial charge >= 0.3 is 5.97 Å². The molecule has 2 aromatic rings. The van der Waals surface area contributed by atoms with Gasteiger partial charge in [-0.3, -0.25) is 4.79 Å². The minimum Gasteiger partial charge on any atom is -0.481 e. The number of carboxylic acids is 1. The summed E-state index contributed by atoms with van der Waals surface area (Å²) in [6.45, 7) is 2.49. The van der Waals surface area contributed by atoms with Gasteiger partial charge in [0.15, 0.2) is 5.13 Å². The van der Waals surface area contributed by atoms with Crippen LogP contribution in [0.1, 0.15) is 17.7 Å². The molecule has 0 amide bonds. The van der Waals surface area contributed by atoms with Crippen LogP contribution in [0.3, 0.4) is 0 Å². The number of hydrogen-bond donors (Lipinski definition) is 1. The average molecular weight is 294 g/mol. The molecule has 1 aromatic heterocycles. The molecule has 0 aliphatic carbocycles. The monoisotopic (exact) mass is 294 g/mol. The van der Waals surface area contributed by atoms with Gasteiger partial charge in [0, 0.05) is 24.0 Å². The number of aryl methyl sites for hydroxylation is 1. The lowest BCUT2D eigenvalue weighted by Gasteiger charge is -2.21. The zero-order chi connectivity index (χ0) is 14.5. The van der Waals surface area contributed by atoms with E-state index >= 15 is 0 Å². The van der Waals surface area contributed by atoms with E-state index in [1.807, 2.05) is 12.3 Å². The molecule has 0 saturated heterocycles. The average Bonchev–Trinajstić information content (AvgIpc) is 2.83. The topological polar surface area (TPSA) is 53.4 Å². The molecule has 0 aliphatic heterocycles. The number of thiazole rings is 1. The van der Waals surface area contributed by atoms with Gasteiger partial charge in [-0.1, -0.05) is 18.2 Å². The Morgan fingerprint density at radius 1 is 1.45 bits per heavy atom. The molecule has 0 spiro atoms. The van der Waals surface area contributed by atoms with E-state index in [0.717, 1.165) is 5.69 Å². The number of anilines is 1. The third-order valence-electron chi connectivity index (χ3n) is 2.79. The predicted octanol–water partition coefficient (Wildman–Crippen LogP) is 3.07. The summed E-state index contributed by atoms with van der Waals surface area (Å²) >= 11 is 1.43. The van der Waals surface area contributed by atoms with Crippen LogP contribution in [0.4, 0.5) is 9.52 Å². The maximum absolute atomic E-state index is 13.7. The van der Waals surface area contributed by atoms with E-state index in [-0.39, 0.29) is 12.2 Å². The third kappa shape index (κ3) is 3.77. The molecule has 0 unspecified atom stereocenters. The molecule has 2 rings (SSSR count). The third-order valence-corrected chi connectivity index (χ3v) is 3.81. The van der Waals surface area contributed by atoms with Crippen molar-refractivity contribution in [3.05, 3.63) is 46.7 Å². The number of carboxylic acid groups (broad SMARTS) is 1. The van der Waals surface area contributed by atoms with Crippen LogP contribution >= 0.6 is 11.3 Å². The summed E-state index contributed by atoms with van der Waals surface area (Å²) < 4.78 is 13.7. The first kappa shape index (κ1) is 14.5. The fraction of sp³-hybridized carbons (Fsp3) is 0.286. The van der Waals surface area contributed by atoms with Gasteiger partial charge < -0.3 is 10.0 Å². The van der Waals surface area contributed by atoms with E-state index in [2.05, 4.69) is 4.98 Å². The Morgan fingerprint density at radius 2 is 2.20 bits per heavy atom. The van der Waals surface area contributed by atoms with Crippen molar-refractivity contribution in [3.63, 3.8) is 0 Å². The van der Waals surface area contributed by atoms with Gasteiger partial charge in [-0.25, -0.2) is 9.37 Å². The molecule has 0 saturated carbocycles. The molecule has 1 N–H and O–H groups in total. The predicted molar refractivity (Wildman–Crippen MR) is 76.6 cm³/mol. The van der Waals surface area contributed by atoms with Gasteiger partial charge in [-0.15, -0.1) is 11.3 Å². The maximum atomic E-state index is 13.7. The van der Waals surface area contributed by atoms with Crippen molar-refractivity contribution >= 4 is 22.4 Å². The highest BCUT2D eigenvalue weighted by atomic mass is 32.1. The van der Waals surface area contributed by atoms with Gasteiger partial charge in [-0.05, 0) is 13.0 Å². The Labute approximate surface area is 120 Å². The Morgan fingerprint density at radius 3 is 2.80 bits per heavy atom. The molecular weight excluding hydrogens is 279 g/mol. The van der Waals surface area contributed by atoms with Crippen molar-refractivity contribution in [2.75, 3.05) is 11.4 Å². The number of halogens is 1. The first-order valence-electron chi connectivity index (χ1n) is 6.18.